The van der Waals surface area contributed by atoms with E-state index in [1.165, 1.54) is 0 Å². The Hall–Kier alpha value is -3.98. The molecule has 2 aromatic heterocycles. The number of furan rings is 1. The largest absolute Gasteiger partial charge is 0.492 e. The van der Waals surface area contributed by atoms with Crippen LogP contribution in [0.15, 0.2) is 71.4 Å². The lowest BCUT2D eigenvalue weighted by Gasteiger charge is -2.08. The monoisotopic (exact) mass is 385 g/mol. The number of rotatable bonds is 6. The third-order valence-electron chi connectivity index (χ3n) is 4.62. The molecule has 0 aliphatic carbocycles. The molecule has 0 unspecified atom stereocenters. The first-order valence-electron chi connectivity index (χ1n) is 9.24. The minimum absolute atomic E-state index is 0.214. The predicted octanol–water partition coefficient (Wildman–Crippen LogP) is 4.21. The average Bonchev–Trinajstić information content (AvgIpc) is 3.38. The number of nitriles is 1. The van der Waals surface area contributed by atoms with Crippen molar-refractivity contribution in [2.45, 2.75) is 6.92 Å². The summed E-state index contributed by atoms with van der Waals surface area (Å²) in [5.74, 6) is 1.12. The number of benzene rings is 2. The molecule has 0 atom stereocenters. The maximum absolute atomic E-state index is 12.6. The number of amides is 1. The highest BCUT2D eigenvalue weighted by Crippen LogP contribution is 2.25. The van der Waals surface area contributed by atoms with Crippen LogP contribution in [0.1, 0.15) is 21.7 Å². The average molecular weight is 385 g/mol. The second-order valence-corrected chi connectivity index (χ2v) is 6.53. The Morgan fingerprint density at radius 2 is 1.90 bits per heavy atom. The van der Waals surface area contributed by atoms with Gasteiger partial charge >= 0.3 is 0 Å². The molecule has 0 saturated heterocycles. The van der Waals surface area contributed by atoms with Crippen molar-refractivity contribution in [2.75, 3.05) is 13.2 Å². The Bertz CT molecular complexity index is 1200. The smallest absolute Gasteiger partial charge is 0.256 e. The maximum Gasteiger partial charge on any atom is 0.256 e. The zero-order valence-corrected chi connectivity index (χ0v) is 15.9. The summed E-state index contributed by atoms with van der Waals surface area (Å²) in [5, 5.41) is 14.6. The molecule has 2 aromatic carbocycles. The first-order chi connectivity index (χ1) is 14.2. The third kappa shape index (κ3) is 3.71. The summed E-state index contributed by atoms with van der Waals surface area (Å²) in [6.45, 7) is 2.29. The number of fused-ring (bicyclic) bond motifs is 1. The van der Waals surface area contributed by atoms with Crippen molar-refractivity contribution in [3.05, 3.63) is 83.9 Å². The van der Waals surface area contributed by atoms with Gasteiger partial charge in [0.05, 0.1) is 6.54 Å². The van der Waals surface area contributed by atoms with Gasteiger partial charge in [0.2, 0.25) is 5.88 Å². The molecule has 29 heavy (non-hydrogen) atoms. The van der Waals surface area contributed by atoms with Crippen molar-refractivity contribution in [1.29, 1.82) is 5.26 Å². The van der Waals surface area contributed by atoms with Crippen LogP contribution in [0.4, 0.5) is 0 Å². The van der Waals surface area contributed by atoms with E-state index >= 15 is 0 Å². The lowest BCUT2D eigenvalue weighted by Crippen LogP contribution is -2.28. The summed E-state index contributed by atoms with van der Waals surface area (Å²) >= 11 is 0. The van der Waals surface area contributed by atoms with Gasteiger partial charge in [-0.25, -0.2) is 0 Å². The van der Waals surface area contributed by atoms with Gasteiger partial charge in [-0.15, -0.1) is 0 Å². The molecule has 0 spiro atoms. The van der Waals surface area contributed by atoms with E-state index in [-0.39, 0.29) is 17.0 Å². The Morgan fingerprint density at radius 3 is 2.66 bits per heavy atom. The van der Waals surface area contributed by atoms with Gasteiger partial charge in [0.25, 0.3) is 5.91 Å². The van der Waals surface area contributed by atoms with Crippen molar-refractivity contribution in [1.82, 2.24) is 9.88 Å². The summed E-state index contributed by atoms with van der Waals surface area (Å²) < 4.78 is 13.1. The summed E-state index contributed by atoms with van der Waals surface area (Å²) in [6, 6.07) is 19.6. The van der Waals surface area contributed by atoms with E-state index in [0.717, 1.165) is 16.5 Å². The van der Waals surface area contributed by atoms with Crippen molar-refractivity contribution in [3.63, 3.8) is 0 Å². The molecule has 0 saturated carbocycles. The van der Waals surface area contributed by atoms with Gasteiger partial charge in [-0.3, -0.25) is 9.36 Å². The Balaban J connectivity index is 1.40. The van der Waals surface area contributed by atoms with Gasteiger partial charge in [0.15, 0.2) is 0 Å². The van der Waals surface area contributed by atoms with Gasteiger partial charge in [-0.2, -0.15) is 5.26 Å². The van der Waals surface area contributed by atoms with Crippen LogP contribution in [0.5, 0.6) is 5.75 Å². The minimum Gasteiger partial charge on any atom is -0.492 e. The van der Waals surface area contributed by atoms with Crippen molar-refractivity contribution >= 4 is 16.7 Å². The van der Waals surface area contributed by atoms with E-state index in [1.54, 1.807) is 23.9 Å². The molecule has 144 valence electrons. The van der Waals surface area contributed by atoms with Crippen LogP contribution in [0.3, 0.4) is 0 Å². The summed E-state index contributed by atoms with van der Waals surface area (Å²) in [7, 11) is 0. The molecule has 0 aliphatic heterocycles. The lowest BCUT2D eigenvalue weighted by atomic mass is 10.1. The van der Waals surface area contributed by atoms with Crippen LogP contribution in [0.2, 0.25) is 0 Å². The van der Waals surface area contributed by atoms with Gasteiger partial charge in [-0.1, -0.05) is 30.3 Å². The number of carbonyl (C=O) groups excluding carboxylic acids is 1. The molecule has 2 heterocycles. The van der Waals surface area contributed by atoms with Gasteiger partial charge in [-0.05, 0) is 42.0 Å². The number of aromatic nitrogens is 1. The topological polar surface area (TPSA) is 80.2 Å². The highest BCUT2D eigenvalue weighted by Gasteiger charge is 2.24. The molecule has 1 N–H and O–H groups in total. The number of aryl methyl sites for hydroxylation is 1. The van der Waals surface area contributed by atoms with Crippen LogP contribution in [-0.4, -0.2) is 23.6 Å². The quantitative estimate of drug-likeness (QED) is 0.504. The Labute approximate surface area is 167 Å². The number of nitrogens with one attached hydrogen (secondary N) is 1. The van der Waals surface area contributed by atoms with Crippen molar-refractivity contribution in [2.24, 2.45) is 0 Å². The first kappa shape index (κ1) is 18.4. The molecule has 0 aliphatic rings. The molecule has 1 amide bonds. The lowest BCUT2D eigenvalue weighted by molar-refractivity contribution is 0.0945. The number of ether oxygens (including phenoxy) is 1. The van der Waals surface area contributed by atoms with E-state index in [4.69, 9.17) is 9.15 Å². The van der Waals surface area contributed by atoms with Gasteiger partial charge < -0.3 is 14.5 Å². The van der Waals surface area contributed by atoms with Crippen molar-refractivity contribution in [3.8, 4) is 17.7 Å². The maximum atomic E-state index is 12.6. The molecule has 0 radical (unpaired) electrons. The standard InChI is InChI=1S/C23H19N3O3/c1-16-21(20(15-24)23(29-16)26-11-4-5-12-26)22(27)25-10-13-28-19-9-8-17-6-2-3-7-18(17)14-19/h2-9,11-12,14H,10,13H2,1H3,(H,25,27). The fourth-order valence-corrected chi connectivity index (χ4v) is 3.24. The zero-order chi connectivity index (χ0) is 20.2. The summed E-state index contributed by atoms with van der Waals surface area (Å²) in [6.07, 6.45) is 3.52. The molecule has 4 aromatic rings. The third-order valence-corrected chi connectivity index (χ3v) is 4.62. The fraction of sp³-hybridized carbons (Fsp3) is 0.130. The first-order valence-corrected chi connectivity index (χ1v) is 9.24. The van der Waals surface area contributed by atoms with E-state index in [0.29, 0.717) is 24.8 Å². The highest BCUT2D eigenvalue weighted by atomic mass is 16.5. The normalized spacial score (nSPS) is 10.6. The number of hydrogen-bond donors (Lipinski definition) is 1. The van der Waals surface area contributed by atoms with Gasteiger partial charge in [0.1, 0.15) is 35.3 Å². The number of hydrogen-bond acceptors (Lipinski definition) is 4. The van der Waals surface area contributed by atoms with Gasteiger partial charge in [0, 0.05) is 12.4 Å². The van der Waals surface area contributed by atoms with E-state index in [1.807, 2.05) is 54.6 Å². The molecular formula is C23H19N3O3. The number of nitrogens with zero attached hydrogens (tertiary/aromatic N) is 2. The Morgan fingerprint density at radius 1 is 1.14 bits per heavy atom. The summed E-state index contributed by atoms with van der Waals surface area (Å²) in [4.78, 5) is 12.6. The molecule has 0 fully saturated rings. The second kappa shape index (κ2) is 7.95. The predicted molar refractivity (Wildman–Crippen MR) is 109 cm³/mol. The molecule has 4 rings (SSSR count). The second-order valence-electron chi connectivity index (χ2n) is 6.53. The van der Waals surface area contributed by atoms with E-state index < -0.39 is 0 Å². The SMILES string of the molecule is Cc1oc(-n2cccc2)c(C#N)c1C(=O)NCCOc1ccc2ccccc2c1. The van der Waals surface area contributed by atoms with Crippen LogP contribution in [-0.2, 0) is 0 Å². The van der Waals surface area contributed by atoms with E-state index in [2.05, 4.69) is 11.4 Å². The highest BCUT2D eigenvalue weighted by molar-refractivity contribution is 5.98. The van der Waals surface area contributed by atoms with Crippen LogP contribution in [0, 0.1) is 18.3 Å². The van der Waals surface area contributed by atoms with Crippen LogP contribution < -0.4 is 10.1 Å². The van der Waals surface area contributed by atoms with Crippen LogP contribution >= 0.6 is 0 Å². The molecular weight excluding hydrogens is 366 g/mol. The minimum atomic E-state index is -0.358. The fourth-order valence-electron chi connectivity index (χ4n) is 3.24. The van der Waals surface area contributed by atoms with Crippen molar-refractivity contribution < 1.29 is 13.9 Å². The molecule has 6 nitrogen and oxygen atoms in total. The number of carbonyl (C=O) groups is 1. The molecule has 0 bridgehead atoms. The summed E-state index contributed by atoms with van der Waals surface area (Å²) in [5.41, 5.74) is 0.466. The Kier molecular flexibility index (Phi) is 5.04. The zero-order valence-electron chi connectivity index (χ0n) is 15.9. The van der Waals surface area contributed by atoms with E-state index in [9.17, 15) is 10.1 Å². The molecule has 6 heteroatoms. The van der Waals surface area contributed by atoms with Crippen LogP contribution in [0.25, 0.3) is 16.7 Å².